The second-order valence-corrected chi connectivity index (χ2v) is 4.11. The van der Waals surface area contributed by atoms with E-state index in [-0.39, 0.29) is 33.3 Å². The number of hydrogen-bond donors (Lipinski definition) is 1. The van der Waals surface area contributed by atoms with E-state index in [2.05, 4.69) is 6.58 Å². The van der Waals surface area contributed by atoms with E-state index in [9.17, 15) is 9.59 Å². The van der Waals surface area contributed by atoms with Gasteiger partial charge in [0.1, 0.15) is 0 Å². The zero-order valence-electron chi connectivity index (χ0n) is 10.7. The Hall–Kier alpha value is -2.01. The monoisotopic (exact) mass is 284 g/mol. The molecule has 0 heterocycles. The van der Waals surface area contributed by atoms with Crippen molar-refractivity contribution in [2.24, 2.45) is 0 Å². The van der Waals surface area contributed by atoms with Gasteiger partial charge < -0.3 is 14.6 Å². The fourth-order valence-electron chi connectivity index (χ4n) is 1.53. The van der Waals surface area contributed by atoms with Gasteiger partial charge in [-0.2, -0.15) is 0 Å². The molecule has 1 rings (SSSR count). The maximum atomic E-state index is 12.2. The minimum atomic E-state index is -1.14. The second kappa shape index (κ2) is 5.75. The molecule has 0 aromatic rings. The zero-order chi connectivity index (χ0) is 14.7. The first kappa shape index (κ1) is 15.0. The molecule has 0 unspecified atom stereocenters. The Labute approximate surface area is 115 Å². The predicted molar refractivity (Wildman–Crippen MR) is 69.5 cm³/mol. The molecule has 0 bridgehead atoms. The molecular formula is C13H13ClO5. The van der Waals surface area contributed by atoms with Crippen LogP contribution in [0.25, 0.3) is 0 Å². The Morgan fingerprint density at radius 1 is 1.32 bits per heavy atom. The molecule has 0 aromatic heterocycles. The smallest absolute Gasteiger partial charge is 0.331 e. The largest absolute Gasteiger partial charge is 0.492 e. The van der Waals surface area contributed by atoms with Crippen molar-refractivity contribution in [3.05, 3.63) is 45.9 Å². The Morgan fingerprint density at radius 2 is 1.84 bits per heavy atom. The van der Waals surface area contributed by atoms with Crippen molar-refractivity contribution in [3.8, 4) is 0 Å². The van der Waals surface area contributed by atoms with Crippen LogP contribution in [0, 0.1) is 0 Å². The normalized spacial score (nSPS) is 16.9. The molecule has 102 valence electrons. The predicted octanol–water partition coefficient (Wildman–Crippen LogP) is 2.15. The molecule has 6 heteroatoms. The molecule has 1 N–H and O–H groups in total. The summed E-state index contributed by atoms with van der Waals surface area (Å²) in [7, 11) is 2.67. The average molecular weight is 285 g/mol. The highest BCUT2D eigenvalue weighted by atomic mass is 35.5. The molecule has 0 aliphatic heterocycles. The lowest BCUT2D eigenvalue weighted by molar-refractivity contribution is -0.132. The quantitative estimate of drug-likeness (QED) is 0.801. The summed E-state index contributed by atoms with van der Waals surface area (Å²) in [5.41, 5.74) is 0.264. The van der Waals surface area contributed by atoms with E-state index in [1.54, 1.807) is 0 Å². The van der Waals surface area contributed by atoms with Crippen LogP contribution in [0.15, 0.2) is 45.9 Å². The standard InChI is InChI=1S/C13H13ClO5/c1-6(13(16)17)5-8-9(14)7(2)11(18-3)12(19-4)10(8)15/h5H,2H2,1,3-4H3,(H,16,17)/b6-5+. The molecule has 0 saturated heterocycles. The Morgan fingerprint density at radius 3 is 2.26 bits per heavy atom. The lowest BCUT2D eigenvalue weighted by Gasteiger charge is -2.20. The van der Waals surface area contributed by atoms with Crippen molar-refractivity contribution in [2.75, 3.05) is 14.2 Å². The first-order valence-electron chi connectivity index (χ1n) is 5.23. The third-order valence-corrected chi connectivity index (χ3v) is 2.97. The summed E-state index contributed by atoms with van der Waals surface area (Å²) in [6, 6.07) is 0. The highest BCUT2D eigenvalue weighted by Gasteiger charge is 2.31. The molecule has 0 atom stereocenters. The van der Waals surface area contributed by atoms with Crippen LogP contribution >= 0.6 is 11.6 Å². The van der Waals surface area contributed by atoms with E-state index in [1.165, 1.54) is 27.2 Å². The SMILES string of the molecule is C=C1C(Cl)=C(/C=C(\C)C(=O)O)C(=O)C(OC)=C1OC. The van der Waals surface area contributed by atoms with Crippen LogP contribution in [-0.2, 0) is 19.1 Å². The van der Waals surface area contributed by atoms with Crippen molar-refractivity contribution < 1.29 is 24.2 Å². The number of carboxylic acids is 1. The first-order valence-corrected chi connectivity index (χ1v) is 5.60. The zero-order valence-corrected chi connectivity index (χ0v) is 11.5. The third-order valence-electron chi connectivity index (χ3n) is 2.54. The maximum absolute atomic E-state index is 12.2. The number of carbonyl (C=O) groups excluding carboxylic acids is 1. The van der Waals surface area contributed by atoms with Crippen molar-refractivity contribution in [2.45, 2.75) is 6.92 Å². The third kappa shape index (κ3) is 2.71. The maximum Gasteiger partial charge on any atom is 0.331 e. The van der Waals surface area contributed by atoms with Crippen molar-refractivity contribution in [1.82, 2.24) is 0 Å². The number of aliphatic carboxylic acids is 1. The van der Waals surface area contributed by atoms with Gasteiger partial charge in [-0.1, -0.05) is 18.2 Å². The summed E-state index contributed by atoms with van der Waals surface area (Å²) in [5.74, 6) is -1.60. The number of allylic oxidation sites excluding steroid dienone is 3. The summed E-state index contributed by atoms with van der Waals surface area (Å²) in [4.78, 5) is 23.0. The molecule has 19 heavy (non-hydrogen) atoms. The fourth-order valence-corrected chi connectivity index (χ4v) is 1.76. The topological polar surface area (TPSA) is 72.8 Å². The van der Waals surface area contributed by atoms with Crippen molar-refractivity contribution in [1.29, 1.82) is 0 Å². The number of Topliss-reactive ketones (excluding diaryl/α,β-unsaturated/α-hetero) is 1. The number of rotatable bonds is 4. The van der Waals surface area contributed by atoms with Gasteiger partial charge in [0.15, 0.2) is 5.76 Å². The van der Waals surface area contributed by atoms with Gasteiger partial charge in [-0.3, -0.25) is 4.79 Å². The summed E-state index contributed by atoms with van der Waals surface area (Å²) in [6.45, 7) is 5.06. The van der Waals surface area contributed by atoms with Crippen molar-refractivity contribution in [3.63, 3.8) is 0 Å². The molecule has 0 amide bonds. The number of halogens is 1. The summed E-state index contributed by atoms with van der Waals surface area (Å²) >= 11 is 6.02. The molecule has 1 aliphatic carbocycles. The number of ketones is 1. The van der Waals surface area contributed by atoms with E-state index in [0.29, 0.717) is 0 Å². The molecule has 5 nitrogen and oxygen atoms in total. The number of methoxy groups -OCH3 is 2. The molecule has 0 radical (unpaired) electrons. The molecule has 0 spiro atoms. The van der Waals surface area contributed by atoms with Crippen LogP contribution in [0.2, 0.25) is 0 Å². The number of hydrogen-bond acceptors (Lipinski definition) is 4. The minimum absolute atomic E-state index is 0.0178. The molecule has 0 saturated carbocycles. The van der Waals surface area contributed by atoms with Gasteiger partial charge in [0, 0.05) is 16.7 Å². The van der Waals surface area contributed by atoms with E-state index >= 15 is 0 Å². The Balaban J connectivity index is 3.40. The van der Waals surface area contributed by atoms with Crippen LogP contribution in [0.1, 0.15) is 6.92 Å². The summed E-state index contributed by atoms with van der Waals surface area (Å²) < 4.78 is 10.00. The lowest BCUT2D eigenvalue weighted by atomic mass is 9.96. The number of carboxylic acid groups (broad SMARTS) is 1. The Bertz CT molecular complexity index is 551. The Kier molecular flexibility index (Phi) is 4.56. The van der Waals surface area contributed by atoms with Gasteiger partial charge in [0.2, 0.25) is 11.5 Å². The van der Waals surface area contributed by atoms with E-state index < -0.39 is 11.8 Å². The number of ether oxygens (including phenoxy) is 2. The molecule has 1 aliphatic rings. The molecular weight excluding hydrogens is 272 g/mol. The van der Waals surface area contributed by atoms with Crippen LogP contribution in [0.4, 0.5) is 0 Å². The fraction of sp³-hybridized carbons (Fsp3) is 0.231. The second-order valence-electron chi connectivity index (χ2n) is 3.73. The highest BCUT2D eigenvalue weighted by Crippen LogP contribution is 2.35. The van der Waals surface area contributed by atoms with Crippen LogP contribution < -0.4 is 0 Å². The van der Waals surface area contributed by atoms with E-state index in [0.717, 1.165) is 0 Å². The first-order chi connectivity index (χ1) is 8.84. The van der Waals surface area contributed by atoms with E-state index in [1.807, 2.05) is 0 Å². The summed E-state index contributed by atoms with van der Waals surface area (Å²) in [5, 5.41) is 8.88. The van der Waals surface area contributed by atoms with Gasteiger partial charge in [0.05, 0.1) is 19.3 Å². The van der Waals surface area contributed by atoms with Crippen LogP contribution in [0.5, 0.6) is 0 Å². The van der Waals surface area contributed by atoms with Gasteiger partial charge in [-0.15, -0.1) is 0 Å². The molecule has 0 fully saturated rings. The average Bonchev–Trinajstić information content (AvgIpc) is 2.37. The molecule has 0 aromatic carbocycles. The minimum Gasteiger partial charge on any atom is -0.492 e. The van der Waals surface area contributed by atoms with Crippen LogP contribution in [-0.4, -0.2) is 31.1 Å². The van der Waals surface area contributed by atoms with Gasteiger partial charge >= 0.3 is 5.97 Å². The van der Waals surface area contributed by atoms with Gasteiger partial charge in [-0.05, 0) is 13.0 Å². The van der Waals surface area contributed by atoms with Crippen LogP contribution in [0.3, 0.4) is 0 Å². The van der Waals surface area contributed by atoms with Gasteiger partial charge in [0.25, 0.3) is 0 Å². The van der Waals surface area contributed by atoms with E-state index in [4.69, 9.17) is 26.2 Å². The highest BCUT2D eigenvalue weighted by molar-refractivity contribution is 6.37. The van der Waals surface area contributed by atoms with Crippen molar-refractivity contribution >= 4 is 23.4 Å². The lowest BCUT2D eigenvalue weighted by Crippen LogP contribution is -2.18. The van der Waals surface area contributed by atoms with Gasteiger partial charge in [-0.25, -0.2) is 4.79 Å². The summed E-state index contributed by atoms with van der Waals surface area (Å²) in [6.07, 6.45) is 1.18. The number of carbonyl (C=O) groups is 2.